The Kier molecular flexibility index (Phi) is 2.36. The largest absolute Gasteiger partial charge is 0.357 e. The molecule has 82 valence electrons. The molecule has 0 bridgehead atoms. The highest BCUT2D eigenvalue weighted by Gasteiger charge is 2.16. The van der Waals surface area contributed by atoms with Crippen molar-refractivity contribution in [3.8, 4) is 0 Å². The minimum atomic E-state index is 0.625. The zero-order valence-electron chi connectivity index (χ0n) is 8.94. The fourth-order valence-electron chi connectivity index (χ4n) is 2.10. The second-order valence-corrected chi connectivity index (χ2v) is 5.02. The van der Waals surface area contributed by atoms with Crippen molar-refractivity contribution in [2.24, 2.45) is 0 Å². The zero-order chi connectivity index (χ0) is 11.0. The number of pyridine rings is 1. The third kappa shape index (κ3) is 1.59. The van der Waals surface area contributed by atoms with Gasteiger partial charge < -0.3 is 4.90 Å². The van der Waals surface area contributed by atoms with Crippen LogP contribution in [-0.2, 0) is 0 Å². The van der Waals surface area contributed by atoms with Gasteiger partial charge in [0.2, 0.25) is 0 Å². The Balaban J connectivity index is 1.95. The molecular weight excluding hydrogens is 218 g/mol. The predicted molar refractivity (Wildman–Crippen MR) is 67.3 cm³/mol. The smallest absolute Gasteiger partial charge is 0.129 e. The maximum atomic E-state index is 8.15. The molecule has 1 aliphatic rings. The fourth-order valence-corrected chi connectivity index (χ4v) is 2.88. The van der Waals surface area contributed by atoms with Crippen molar-refractivity contribution >= 4 is 27.4 Å². The minimum Gasteiger partial charge on any atom is -0.357 e. The molecule has 0 spiro atoms. The maximum Gasteiger partial charge on any atom is 0.129 e. The van der Waals surface area contributed by atoms with E-state index in [0.717, 1.165) is 24.2 Å². The Bertz CT molecular complexity index is 526. The number of likely N-dealkylation sites (tertiary alicyclic amines) is 1. The molecule has 3 rings (SSSR count). The standard InChI is InChI=1S/C12H13N3S/c13-12(15-4-1-2-5-15)9-7-11-10(14-8-9)3-6-16-11/h3,6-8,13H,1-2,4-5H2. The number of hydrogen-bond acceptors (Lipinski definition) is 3. The Labute approximate surface area is 98.2 Å². The first-order valence-electron chi connectivity index (χ1n) is 5.52. The third-order valence-electron chi connectivity index (χ3n) is 3.00. The molecule has 3 nitrogen and oxygen atoms in total. The average molecular weight is 231 g/mol. The lowest BCUT2D eigenvalue weighted by Crippen LogP contribution is -2.27. The van der Waals surface area contributed by atoms with E-state index < -0.39 is 0 Å². The first kappa shape index (κ1) is 9.78. The van der Waals surface area contributed by atoms with Crippen molar-refractivity contribution in [2.75, 3.05) is 13.1 Å². The minimum absolute atomic E-state index is 0.625. The molecule has 2 aromatic heterocycles. The molecule has 2 aromatic rings. The summed E-state index contributed by atoms with van der Waals surface area (Å²) in [5, 5.41) is 10.2. The van der Waals surface area contributed by atoms with E-state index >= 15 is 0 Å². The zero-order valence-corrected chi connectivity index (χ0v) is 9.76. The predicted octanol–water partition coefficient (Wildman–Crippen LogP) is 2.72. The van der Waals surface area contributed by atoms with Gasteiger partial charge in [-0.1, -0.05) is 0 Å². The summed E-state index contributed by atoms with van der Waals surface area (Å²) in [7, 11) is 0. The molecule has 0 saturated carbocycles. The van der Waals surface area contributed by atoms with E-state index in [-0.39, 0.29) is 0 Å². The van der Waals surface area contributed by atoms with Gasteiger partial charge in [-0.2, -0.15) is 0 Å². The van der Waals surface area contributed by atoms with E-state index in [1.165, 1.54) is 17.5 Å². The van der Waals surface area contributed by atoms with Crippen LogP contribution in [0.15, 0.2) is 23.7 Å². The summed E-state index contributed by atoms with van der Waals surface area (Å²) in [6.45, 7) is 2.03. The number of aromatic nitrogens is 1. The van der Waals surface area contributed by atoms with Gasteiger partial charge in [0.25, 0.3) is 0 Å². The maximum absolute atomic E-state index is 8.15. The van der Waals surface area contributed by atoms with Crippen LogP contribution in [0.4, 0.5) is 0 Å². The molecule has 1 aliphatic heterocycles. The van der Waals surface area contributed by atoms with E-state index in [2.05, 4.69) is 16.0 Å². The van der Waals surface area contributed by atoms with Gasteiger partial charge in [-0.15, -0.1) is 11.3 Å². The summed E-state index contributed by atoms with van der Waals surface area (Å²) >= 11 is 1.68. The van der Waals surface area contributed by atoms with Gasteiger partial charge in [0.05, 0.1) is 10.2 Å². The van der Waals surface area contributed by atoms with Crippen LogP contribution < -0.4 is 0 Å². The van der Waals surface area contributed by atoms with Gasteiger partial charge in [0, 0.05) is 24.8 Å². The van der Waals surface area contributed by atoms with Crippen molar-refractivity contribution in [1.29, 1.82) is 5.41 Å². The van der Waals surface area contributed by atoms with Gasteiger partial charge in [-0.3, -0.25) is 10.4 Å². The monoisotopic (exact) mass is 231 g/mol. The van der Waals surface area contributed by atoms with Gasteiger partial charge in [-0.05, 0) is 30.4 Å². The molecule has 0 unspecified atom stereocenters. The lowest BCUT2D eigenvalue weighted by molar-refractivity contribution is 0.517. The van der Waals surface area contributed by atoms with Crippen LogP contribution >= 0.6 is 11.3 Å². The summed E-state index contributed by atoms with van der Waals surface area (Å²) in [5.41, 5.74) is 1.97. The molecule has 3 heterocycles. The van der Waals surface area contributed by atoms with Crippen LogP contribution in [0.5, 0.6) is 0 Å². The Morgan fingerprint density at radius 3 is 3.00 bits per heavy atom. The number of hydrogen-bond donors (Lipinski definition) is 1. The molecular formula is C12H13N3S. The summed E-state index contributed by atoms with van der Waals surface area (Å²) in [6, 6.07) is 4.09. The Morgan fingerprint density at radius 1 is 1.38 bits per heavy atom. The van der Waals surface area contributed by atoms with Crippen LogP contribution in [0.3, 0.4) is 0 Å². The van der Waals surface area contributed by atoms with Crippen molar-refractivity contribution in [2.45, 2.75) is 12.8 Å². The van der Waals surface area contributed by atoms with Crippen molar-refractivity contribution in [3.63, 3.8) is 0 Å². The highest BCUT2D eigenvalue weighted by Crippen LogP contribution is 2.21. The normalized spacial score (nSPS) is 15.9. The average Bonchev–Trinajstić information content (AvgIpc) is 2.98. The second-order valence-electron chi connectivity index (χ2n) is 4.07. The van der Waals surface area contributed by atoms with E-state index in [1.807, 2.05) is 17.6 Å². The number of nitrogens with zero attached hydrogens (tertiary/aromatic N) is 2. The molecule has 1 fully saturated rings. The molecule has 4 heteroatoms. The number of amidine groups is 1. The van der Waals surface area contributed by atoms with Crippen molar-refractivity contribution in [3.05, 3.63) is 29.3 Å². The summed E-state index contributed by atoms with van der Waals surface area (Å²) in [5.74, 6) is 0.625. The van der Waals surface area contributed by atoms with Gasteiger partial charge in [0.1, 0.15) is 5.84 Å². The lowest BCUT2D eigenvalue weighted by Gasteiger charge is -2.18. The second kappa shape index (κ2) is 3.87. The molecule has 16 heavy (non-hydrogen) atoms. The van der Waals surface area contributed by atoms with E-state index in [1.54, 1.807) is 11.3 Å². The summed E-state index contributed by atoms with van der Waals surface area (Å²) in [6.07, 6.45) is 4.23. The molecule has 1 saturated heterocycles. The number of nitrogens with one attached hydrogen (secondary N) is 1. The first-order valence-corrected chi connectivity index (χ1v) is 6.40. The molecule has 0 aromatic carbocycles. The van der Waals surface area contributed by atoms with Crippen LogP contribution in [0.25, 0.3) is 10.2 Å². The molecule has 1 N–H and O–H groups in total. The van der Waals surface area contributed by atoms with E-state index in [4.69, 9.17) is 5.41 Å². The van der Waals surface area contributed by atoms with Gasteiger partial charge >= 0.3 is 0 Å². The quantitative estimate of drug-likeness (QED) is 0.605. The van der Waals surface area contributed by atoms with Crippen LogP contribution in [0, 0.1) is 5.41 Å². The molecule has 0 radical (unpaired) electrons. The van der Waals surface area contributed by atoms with E-state index in [0.29, 0.717) is 5.84 Å². The van der Waals surface area contributed by atoms with Gasteiger partial charge in [0.15, 0.2) is 0 Å². The lowest BCUT2D eigenvalue weighted by atomic mass is 10.2. The highest BCUT2D eigenvalue weighted by molar-refractivity contribution is 7.17. The van der Waals surface area contributed by atoms with Crippen LogP contribution in [0.1, 0.15) is 18.4 Å². The van der Waals surface area contributed by atoms with Gasteiger partial charge in [-0.25, -0.2) is 0 Å². The summed E-state index contributed by atoms with van der Waals surface area (Å²) in [4.78, 5) is 6.51. The fraction of sp³-hybridized carbons (Fsp3) is 0.333. The van der Waals surface area contributed by atoms with Crippen molar-refractivity contribution < 1.29 is 0 Å². The number of thiophene rings is 1. The third-order valence-corrected chi connectivity index (χ3v) is 3.85. The van der Waals surface area contributed by atoms with Crippen molar-refractivity contribution in [1.82, 2.24) is 9.88 Å². The SMILES string of the molecule is N=C(c1cnc2ccsc2c1)N1CCCC1. The number of fused-ring (bicyclic) bond motifs is 1. The highest BCUT2D eigenvalue weighted by atomic mass is 32.1. The van der Waals surface area contributed by atoms with E-state index in [9.17, 15) is 0 Å². The molecule has 0 amide bonds. The van der Waals surface area contributed by atoms with Crippen LogP contribution in [-0.4, -0.2) is 28.8 Å². The first-order chi connectivity index (χ1) is 7.84. The molecule has 0 atom stereocenters. The summed E-state index contributed by atoms with van der Waals surface area (Å²) < 4.78 is 1.17. The molecule has 0 aliphatic carbocycles. The topological polar surface area (TPSA) is 40.0 Å². The Hall–Kier alpha value is -1.42. The van der Waals surface area contributed by atoms with Crippen LogP contribution in [0.2, 0.25) is 0 Å². The number of rotatable bonds is 1. The Morgan fingerprint density at radius 2 is 2.19 bits per heavy atom.